The van der Waals surface area contributed by atoms with Crippen LogP contribution in [-0.4, -0.2) is 35.7 Å². The normalized spacial score (nSPS) is 16.6. The van der Waals surface area contributed by atoms with Crippen molar-refractivity contribution in [2.24, 2.45) is 0 Å². The molecule has 0 spiro atoms. The predicted octanol–water partition coefficient (Wildman–Crippen LogP) is 3.38. The molecule has 19 heavy (non-hydrogen) atoms. The maximum Gasteiger partial charge on any atom is 0.328 e. The highest BCUT2D eigenvalue weighted by atomic mass is 35.5. The van der Waals surface area contributed by atoms with Gasteiger partial charge in [-0.1, -0.05) is 23.7 Å². The molecule has 0 aliphatic carbocycles. The second-order valence-corrected chi connectivity index (χ2v) is 5.93. The van der Waals surface area contributed by atoms with E-state index in [-0.39, 0.29) is 0 Å². The smallest absolute Gasteiger partial charge is 0.328 e. The highest BCUT2D eigenvalue weighted by Gasteiger charge is 2.15. The summed E-state index contributed by atoms with van der Waals surface area (Å²) >= 11 is 8.25. The summed E-state index contributed by atoms with van der Waals surface area (Å²) in [5.41, 5.74) is 1.81. The van der Waals surface area contributed by atoms with Crippen molar-refractivity contribution in [3.63, 3.8) is 0 Å². The first kappa shape index (κ1) is 14.3. The van der Waals surface area contributed by atoms with Gasteiger partial charge in [-0.25, -0.2) is 4.79 Å². The van der Waals surface area contributed by atoms with E-state index in [1.807, 2.05) is 30.0 Å². The number of para-hydroxylation sites is 1. The Bertz CT molecular complexity index is 482. The van der Waals surface area contributed by atoms with Crippen molar-refractivity contribution >= 4 is 41.1 Å². The van der Waals surface area contributed by atoms with Gasteiger partial charge in [0, 0.05) is 24.9 Å². The number of rotatable bonds is 3. The quantitative estimate of drug-likeness (QED) is 0.868. The van der Waals surface area contributed by atoms with Crippen LogP contribution < -0.4 is 4.90 Å². The molecular weight excluding hydrogens is 282 g/mol. The Hall–Kier alpha value is -1.13. The second kappa shape index (κ2) is 6.87. The van der Waals surface area contributed by atoms with Crippen LogP contribution in [0.4, 0.5) is 5.69 Å². The molecule has 1 aliphatic rings. The van der Waals surface area contributed by atoms with E-state index in [9.17, 15) is 4.79 Å². The van der Waals surface area contributed by atoms with E-state index in [1.54, 1.807) is 6.08 Å². The molecule has 1 aromatic rings. The standard InChI is InChI=1S/C14H16ClNO2S/c15-12-4-1-3-11(5-6-13(17)18)14(12)16-7-2-9-19-10-8-16/h1,3-6H,2,7-10H2,(H,17,18)/b6-5+. The molecule has 1 saturated heterocycles. The van der Waals surface area contributed by atoms with Crippen LogP contribution in [0, 0.1) is 0 Å². The first-order valence-electron chi connectivity index (χ1n) is 6.20. The highest BCUT2D eigenvalue weighted by molar-refractivity contribution is 7.99. The number of aliphatic carboxylic acids is 1. The fourth-order valence-electron chi connectivity index (χ4n) is 2.13. The fourth-order valence-corrected chi connectivity index (χ4v) is 3.32. The van der Waals surface area contributed by atoms with Crippen LogP contribution in [0.25, 0.3) is 6.08 Å². The van der Waals surface area contributed by atoms with Crippen molar-refractivity contribution < 1.29 is 9.90 Å². The summed E-state index contributed by atoms with van der Waals surface area (Å²) in [7, 11) is 0. The summed E-state index contributed by atoms with van der Waals surface area (Å²) in [5, 5.41) is 9.43. The lowest BCUT2D eigenvalue weighted by Gasteiger charge is -2.25. The van der Waals surface area contributed by atoms with Crippen LogP contribution in [0.15, 0.2) is 24.3 Å². The molecule has 1 heterocycles. The Morgan fingerprint density at radius 2 is 2.21 bits per heavy atom. The van der Waals surface area contributed by atoms with Gasteiger partial charge < -0.3 is 10.0 Å². The van der Waals surface area contributed by atoms with Crippen LogP contribution in [-0.2, 0) is 4.79 Å². The molecule has 0 radical (unpaired) electrons. The first-order valence-corrected chi connectivity index (χ1v) is 7.74. The average Bonchev–Trinajstić information content (AvgIpc) is 2.65. The largest absolute Gasteiger partial charge is 0.478 e. The van der Waals surface area contributed by atoms with Gasteiger partial charge in [-0.3, -0.25) is 0 Å². The Morgan fingerprint density at radius 1 is 1.37 bits per heavy atom. The molecule has 0 aromatic heterocycles. The van der Waals surface area contributed by atoms with E-state index >= 15 is 0 Å². The lowest BCUT2D eigenvalue weighted by Crippen LogP contribution is -2.26. The van der Waals surface area contributed by atoms with E-state index in [4.69, 9.17) is 16.7 Å². The highest BCUT2D eigenvalue weighted by Crippen LogP contribution is 2.32. The first-order chi connectivity index (χ1) is 9.18. The minimum absolute atomic E-state index is 0.680. The molecule has 1 aliphatic heterocycles. The second-order valence-electron chi connectivity index (χ2n) is 4.30. The zero-order valence-electron chi connectivity index (χ0n) is 10.5. The maximum atomic E-state index is 10.7. The summed E-state index contributed by atoms with van der Waals surface area (Å²) in [5.74, 6) is 1.30. The molecule has 0 bridgehead atoms. The van der Waals surface area contributed by atoms with Crippen LogP contribution in [0.3, 0.4) is 0 Å². The minimum atomic E-state index is -0.947. The number of nitrogens with zero attached hydrogens (tertiary/aromatic N) is 1. The van der Waals surface area contributed by atoms with Crippen molar-refractivity contribution in [1.29, 1.82) is 0 Å². The molecule has 1 aromatic carbocycles. The van der Waals surface area contributed by atoms with E-state index in [0.29, 0.717) is 5.02 Å². The predicted molar refractivity (Wildman–Crippen MR) is 82.3 cm³/mol. The zero-order chi connectivity index (χ0) is 13.7. The van der Waals surface area contributed by atoms with Gasteiger partial charge in [0.05, 0.1) is 10.7 Å². The van der Waals surface area contributed by atoms with Gasteiger partial charge in [0.1, 0.15) is 0 Å². The molecular formula is C14H16ClNO2S. The molecule has 0 saturated carbocycles. The summed E-state index contributed by atoms with van der Waals surface area (Å²) < 4.78 is 0. The molecule has 2 rings (SSSR count). The number of carboxylic acid groups (broad SMARTS) is 1. The molecule has 102 valence electrons. The van der Waals surface area contributed by atoms with Crippen LogP contribution >= 0.6 is 23.4 Å². The number of halogens is 1. The van der Waals surface area contributed by atoms with Crippen LogP contribution in [0.2, 0.25) is 5.02 Å². The number of hydrogen-bond acceptors (Lipinski definition) is 3. The van der Waals surface area contributed by atoms with Gasteiger partial charge in [-0.05, 0) is 29.9 Å². The van der Waals surface area contributed by atoms with E-state index in [2.05, 4.69) is 4.90 Å². The third-order valence-corrected chi connectivity index (χ3v) is 4.32. The Balaban J connectivity index is 2.33. The topological polar surface area (TPSA) is 40.5 Å². The molecule has 3 nitrogen and oxygen atoms in total. The van der Waals surface area contributed by atoms with Crippen molar-refractivity contribution in [1.82, 2.24) is 0 Å². The molecule has 0 unspecified atom stereocenters. The Morgan fingerprint density at radius 3 is 3.00 bits per heavy atom. The van der Waals surface area contributed by atoms with Gasteiger partial charge in [-0.2, -0.15) is 11.8 Å². The SMILES string of the molecule is O=C(O)/C=C/c1cccc(Cl)c1N1CCCSCC1. The van der Waals surface area contributed by atoms with Gasteiger partial charge >= 0.3 is 5.97 Å². The molecule has 0 amide bonds. The van der Waals surface area contributed by atoms with Crippen molar-refractivity contribution in [2.75, 3.05) is 29.5 Å². The lowest BCUT2D eigenvalue weighted by molar-refractivity contribution is -0.131. The van der Waals surface area contributed by atoms with E-state index in [1.165, 1.54) is 5.75 Å². The van der Waals surface area contributed by atoms with Crippen molar-refractivity contribution in [3.8, 4) is 0 Å². The summed E-state index contributed by atoms with van der Waals surface area (Å²) in [6.45, 7) is 1.91. The number of anilines is 1. The van der Waals surface area contributed by atoms with Crippen LogP contribution in [0.1, 0.15) is 12.0 Å². The molecule has 0 atom stereocenters. The van der Waals surface area contributed by atoms with Crippen molar-refractivity contribution in [3.05, 3.63) is 34.9 Å². The summed E-state index contributed by atoms with van der Waals surface area (Å²) in [4.78, 5) is 12.9. The van der Waals surface area contributed by atoms with E-state index < -0.39 is 5.97 Å². The van der Waals surface area contributed by atoms with E-state index in [0.717, 1.165) is 42.6 Å². The zero-order valence-corrected chi connectivity index (χ0v) is 12.1. The number of carboxylic acids is 1. The molecule has 1 N–H and O–H groups in total. The molecule has 5 heteroatoms. The number of thioether (sulfide) groups is 1. The van der Waals surface area contributed by atoms with Gasteiger partial charge in [0.15, 0.2) is 0 Å². The Labute approximate surface area is 122 Å². The fraction of sp³-hybridized carbons (Fsp3) is 0.357. The summed E-state index contributed by atoms with van der Waals surface area (Å²) in [6, 6.07) is 5.60. The third kappa shape index (κ3) is 3.91. The van der Waals surface area contributed by atoms with Gasteiger partial charge in [0.2, 0.25) is 0 Å². The van der Waals surface area contributed by atoms with Crippen molar-refractivity contribution in [2.45, 2.75) is 6.42 Å². The lowest BCUT2D eigenvalue weighted by atomic mass is 10.1. The number of carbonyl (C=O) groups is 1. The average molecular weight is 298 g/mol. The molecule has 1 fully saturated rings. The summed E-state index contributed by atoms with van der Waals surface area (Å²) in [6.07, 6.45) is 3.89. The Kier molecular flexibility index (Phi) is 5.16. The maximum absolute atomic E-state index is 10.7. The van der Waals surface area contributed by atoms with Gasteiger partial charge in [0.25, 0.3) is 0 Å². The minimum Gasteiger partial charge on any atom is -0.478 e. The monoisotopic (exact) mass is 297 g/mol. The van der Waals surface area contributed by atoms with Crippen LogP contribution in [0.5, 0.6) is 0 Å². The number of benzene rings is 1. The van der Waals surface area contributed by atoms with Gasteiger partial charge in [-0.15, -0.1) is 0 Å². The third-order valence-electron chi connectivity index (χ3n) is 2.96. The number of hydrogen-bond donors (Lipinski definition) is 1.